The zero-order valence-electron chi connectivity index (χ0n) is 16.7. The number of carbonyl (C=O) groups is 2. The number of sulfonamides is 1. The number of ether oxygens (including phenoxy) is 1. The van der Waals surface area contributed by atoms with E-state index in [0.29, 0.717) is 17.0 Å². The molecule has 1 aromatic heterocycles. The van der Waals surface area contributed by atoms with Crippen LogP contribution in [0.2, 0.25) is 0 Å². The molecular weight excluding hydrogens is 418 g/mol. The molecule has 3 aromatic rings. The van der Waals surface area contributed by atoms with Gasteiger partial charge in [-0.1, -0.05) is 6.07 Å². The van der Waals surface area contributed by atoms with Crippen LogP contribution in [0.15, 0.2) is 77.8 Å². The highest BCUT2D eigenvalue weighted by atomic mass is 32.2. The molecule has 0 bridgehead atoms. The van der Waals surface area contributed by atoms with Crippen LogP contribution in [0.25, 0.3) is 0 Å². The number of anilines is 2. The zero-order chi connectivity index (χ0) is 22.3. The number of benzene rings is 2. The van der Waals surface area contributed by atoms with Crippen molar-refractivity contribution in [1.82, 2.24) is 4.98 Å². The Hall–Kier alpha value is -3.72. The molecule has 0 aliphatic heterocycles. The van der Waals surface area contributed by atoms with Crippen LogP contribution in [0.1, 0.15) is 23.2 Å². The first-order valence-electron chi connectivity index (χ1n) is 9.38. The number of amides is 1. The van der Waals surface area contributed by atoms with Gasteiger partial charge in [0.1, 0.15) is 11.6 Å². The molecule has 2 aromatic carbocycles. The van der Waals surface area contributed by atoms with E-state index in [1.54, 1.807) is 49.6 Å². The molecular formula is C22H21N3O5S. The highest BCUT2D eigenvalue weighted by molar-refractivity contribution is 7.92. The number of pyridine rings is 1. The van der Waals surface area contributed by atoms with Crippen LogP contribution >= 0.6 is 0 Å². The molecule has 0 aliphatic rings. The molecule has 3 rings (SSSR count). The Labute approximate surface area is 180 Å². The van der Waals surface area contributed by atoms with Crippen molar-refractivity contribution in [3.05, 3.63) is 78.5 Å². The molecule has 0 aliphatic carbocycles. The minimum Gasteiger partial charge on any atom is -0.497 e. The Bertz CT molecular complexity index is 1150. The molecule has 0 spiro atoms. The molecule has 0 fully saturated rings. The van der Waals surface area contributed by atoms with Gasteiger partial charge in [0, 0.05) is 30.3 Å². The van der Waals surface area contributed by atoms with Crippen molar-refractivity contribution < 1.29 is 22.7 Å². The van der Waals surface area contributed by atoms with Gasteiger partial charge in [-0.25, -0.2) is 13.4 Å². The Morgan fingerprint density at radius 2 is 1.65 bits per heavy atom. The maximum atomic E-state index is 12.4. The fourth-order valence-corrected chi connectivity index (χ4v) is 3.72. The number of hydrogen-bond acceptors (Lipinski definition) is 6. The van der Waals surface area contributed by atoms with Gasteiger partial charge in [0.25, 0.3) is 10.0 Å². The second kappa shape index (κ2) is 9.86. The lowest BCUT2D eigenvalue weighted by Crippen LogP contribution is -2.15. The van der Waals surface area contributed by atoms with Crippen molar-refractivity contribution in [1.29, 1.82) is 0 Å². The molecule has 9 heteroatoms. The summed E-state index contributed by atoms with van der Waals surface area (Å²) in [5.74, 6) is 0.361. The van der Waals surface area contributed by atoms with E-state index in [1.165, 1.54) is 30.5 Å². The van der Waals surface area contributed by atoms with E-state index >= 15 is 0 Å². The molecule has 160 valence electrons. The molecule has 0 unspecified atom stereocenters. The maximum absolute atomic E-state index is 12.4. The third kappa shape index (κ3) is 6.13. The lowest BCUT2D eigenvalue weighted by atomic mass is 10.1. The Morgan fingerprint density at radius 1 is 0.935 bits per heavy atom. The van der Waals surface area contributed by atoms with Crippen molar-refractivity contribution >= 4 is 33.2 Å². The molecule has 1 amide bonds. The summed E-state index contributed by atoms with van der Waals surface area (Å²) in [4.78, 5) is 28.3. The second-order valence-corrected chi connectivity index (χ2v) is 8.23. The van der Waals surface area contributed by atoms with Gasteiger partial charge < -0.3 is 10.1 Å². The number of aromatic nitrogens is 1. The largest absolute Gasteiger partial charge is 0.497 e. The van der Waals surface area contributed by atoms with Gasteiger partial charge >= 0.3 is 0 Å². The van der Waals surface area contributed by atoms with Crippen molar-refractivity contribution in [3.63, 3.8) is 0 Å². The summed E-state index contributed by atoms with van der Waals surface area (Å²) >= 11 is 0. The summed E-state index contributed by atoms with van der Waals surface area (Å²) in [5, 5.41) is 2.66. The maximum Gasteiger partial charge on any atom is 0.263 e. The number of carbonyl (C=O) groups excluding carboxylic acids is 2. The number of nitrogens with one attached hydrogen (secondary N) is 2. The molecule has 0 saturated carbocycles. The minimum absolute atomic E-state index is 0.00610. The van der Waals surface area contributed by atoms with Crippen molar-refractivity contribution in [2.45, 2.75) is 17.7 Å². The summed E-state index contributed by atoms with van der Waals surface area (Å²) in [7, 11) is -2.25. The van der Waals surface area contributed by atoms with Gasteiger partial charge in [-0.15, -0.1) is 0 Å². The van der Waals surface area contributed by atoms with Crippen LogP contribution in [0.5, 0.6) is 5.75 Å². The Morgan fingerprint density at radius 3 is 2.26 bits per heavy atom. The molecule has 0 atom stereocenters. The fraction of sp³-hybridized carbons (Fsp3) is 0.136. The topological polar surface area (TPSA) is 114 Å². The van der Waals surface area contributed by atoms with Gasteiger partial charge in [-0.3, -0.25) is 14.3 Å². The monoisotopic (exact) mass is 439 g/mol. The minimum atomic E-state index is -3.79. The van der Waals surface area contributed by atoms with Crippen LogP contribution in [0, 0.1) is 0 Å². The Kier molecular flexibility index (Phi) is 6.99. The molecule has 0 radical (unpaired) electrons. The highest BCUT2D eigenvalue weighted by Crippen LogP contribution is 2.18. The number of hydrogen-bond donors (Lipinski definition) is 2. The average Bonchev–Trinajstić information content (AvgIpc) is 2.78. The summed E-state index contributed by atoms with van der Waals surface area (Å²) in [5.41, 5.74) is 0.933. The third-order valence-corrected chi connectivity index (χ3v) is 5.71. The third-order valence-electron chi connectivity index (χ3n) is 4.34. The molecule has 2 N–H and O–H groups in total. The molecule has 31 heavy (non-hydrogen) atoms. The second-order valence-electron chi connectivity index (χ2n) is 6.54. The quantitative estimate of drug-likeness (QED) is 0.493. The van der Waals surface area contributed by atoms with Crippen LogP contribution in [0.4, 0.5) is 11.5 Å². The number of methoxy groups -OCH3 is 1. The van der Waals surface area contributed by atoms with Gasteiger partial charge in [0.15, 0.2) is 5.78 Å². The van der Waals surface area contributed by atoms with Crippen LogP contribution in [-0.4, -0.2) is 32.2 Å². The van der Waals surface area contributed by atoms with Crippen LogP contribution < -0.4 is 14.8 Å². The van der Waals surface area contributed by atoms with E-state index in [9.17, 15) is 18.0 Å². The summed E-state index contributed by atoms with van der Waals surface area (Å²) in [6.07, 6.45) is 1.54. The summed E-state index contributed by atoms with van der Waals surface area (Å²) in [6, 6.07) is 17.3. The van der Waals surface area contributed by atoms with E-state index in [-0.39, 0.29) is 35.2 Å². The van der Waals surface area contributed by atoms with Gasteiger partial charge in [0.2, 0.25) is 5.91 Å². The molecule has 8 nitrogen and oxygen atoms in total. The number of Topliss-reactive ketones (excluding diaryl/α,β-unsaturated/α-hetero) is 1. The van der Waals surface area contributed by atoms with Gasteiger partial charge in [-0.2, -0.15) is 0 Å². The van der Waals surface area contributed by atoms with Gasteiger partial charge in [-0.05, 0) is 60.7 Å². The van der Waals surface area contributed by atoms with E-state index in [4.69, 9.17) is 4.74 Å². The first kappa shape index (κ1) is 22.0. The number of ketones is 1. The summed E-state index contributed by atoms with van der Waals surface area (Å²) < 4.78 is 32.2. The zero-order valence-corrected chi connectivity index (χ0v) is 17.6. The van der Waals surface area contributed by atoms with E-state index in [2.05, 4.69) is 15.0 Å². The van der Waals surface area contributed by atoms with Crippen molar-refractivity contribution in [3.8, 4) is 5.75 Å². The van der Waals surface area contributed by atoms with Crippen LogP contribution in [0.3, 0.4) is 0 Å². The van der Waals surface area contributed by atoms with Gasteiger partial charge in [0.05, 0.1) is 12.0 Å². The number of rotatable bonds is 9. The predicted octanol–water partition coefficient (Wildman–Crippen LogP) is 3.49. The SMILES string of the molecule is COc1ccc(C(=O)CCC(=O)Nc2ccc(S(=O)(=O)Nc3ccccn3)cc2)cc1. The summed E-state index contributed by atoms with van der Waals surface area (Å²) in [6.45, 7) is 0. The van der Waals surface area contributed by atoms with E-state index < -0.39 is 10.0 Å². The Balaban J connectivity index is 1.54. The lowest BCUT2D eigenvalue weighted by Gasteiger charge is -2.09. The van der Waals surface area contributed by atoms with Crippen molar-refractivity contribution in [2.75, 3.05) is 17.1 Å². The normalized spacial score (nSPS) is 10.9. The lowest BCUT2D eigenvalue weighted by molar-refractivity contribution is -0.116. The first-order valence-corrected chi connectivity index (χ1v) is 10.9. The number of nitrogens with zero attached hydrogens (tertiary/aromatic N) is 1. The van der Waals surface area contributed by atoms with Crippen LogP contribution in [-0.2, 0) is 14.8 Å². The van der Waals surface area contributed by atoms with Crippen molar-refractivity contribution in [2.24, 2.45) is 0 Å². The fourth-order valence-electron chi connectivity index (χ4n) is 2.71. The average molecular weight is 439 g/mol. The smallest absolute Gasteiger partial charge is 0.263 e. The van der Waals surface area contributed by atoms with E-state index in [1.807, 2.05) is 0 Å². The molecule has 1 heterocycles. The molecule has 0 saturated heterocycles. The van der Waals surface area contributed by atoms with E-state index in [0.717, 1.165) is 0 Å². The predicted molar refractivity (Wildman–Crippen MR) is 117 cm³/mol. The standard InChI is InChI=1S/C22H21N3O5S/c1-30-18-9-5-16(6-10-18)20(26)13-14-22(27)24-17-7-11-19(12-8-17)31(28,29)25-21-4-2-3-15-23-21/h2-12,15H,13-14H2,1H3,(H,23,25)(H,24,27). The highest BCUT2D eigenvalue weighted by Gasteiger charge is 2.15. The first-order chi connectivity index (χ1) is 14.9.